The minimum absolute atomic E-state index is 0.0590. The highest BCUT2D eigenvalue weighted by Crippen LogP contribution is 2.29. The SMILES string of the molecule is Cc1cc(Nc2ncc(C(=O)O)cc2Cl)cc(C)c1Br. The molecule has 1 aromatic heterocycles. The molecule has 0 aliphatic heterocycles. The van der Waals surface area contributed by atoms with Crippen molar-refractivity contribution in [2.24, 2.45) is 0 Å². The summed E-state index contributed by atoms with van der Waals surface area (Å²) >= 11 is 9.54. The predicted octanol–water partition coefficient (Wildman–Crippen LogP) is 4.56. The van der Waals surface area contributed by atoms with Crippen molar-refractivity contribution in [2.45, 2.75) is 13.8 Å². The van der Waals surface area contributed by atoms with Gasteiger partial charge in [0.15, 0.2) is 0 Å². The first-order valence-corrected chi connectivity index (χ1v) is 6.98. The smallest absolute Gasteiger partial charge is 0.337 e. The van der Waals surface area contributed by atoms with Gasteiger partial charge in [0.1, 0.15) is 5.82 Å². The van der Waals surface area contributed by atoms with E-state index in [4.69, 9.17) is 16.7 Å². The van der Waals surface area contributed by atoms with E-state index < -0.39 is 5.97 Å². The Hall–Kier alpha value is -1.59. The fourth-order valence-corrected chi connectivity index (χ4v) is 2.24. The zero-order chi connectivity index (χ0) is 14.9. The number of aryl methyl sites for hydroxylation is 2. The first kappa shape index (κ1) is 14.8. The summed E-state index contributed by atoms with van der Waals surface area (Å²) < 4.78 is 1.06. The minimum Gasteiger partial charge on any atom is -0.478 e. The summed E-state index contributed by atoms with van der Waals surface area (Å²) in [6.07, 6.45) is 1.27. The Morgan fingerprint density at radius 1 is 1.30 bits per heavy atom. The number of nitrogens with one attached hydrogen (secondary N) is 1. The van der Waals surface area contributed by atoms with Gasteiger partial charge in [0, 0.05) is 16.4 Å². The van der Waals surface area contributed by atoms with Crippen molar-refractivity contribution in [1.29, 1.82) is 0 Å². The fourth-order valence-electron chi connectivity index (χ4n) is 1.80. The van der Waals surface area contributed by atoms with Crippen LogP contribution >= 0.6 is 27.5 Å². The first-order chi connectivity index (χ1) is 9.38. The number of carboxylic acids is 1. The highest BCUT2D eigenvalue weighted by atomic mass is 79.9. The van der Waals surface area contributed by atoms with Crippen LogP contribution in [0.2, 0.25) is 5.02 Å². The quantitative estimate of drug-likeness (QED) is 0.847. The van der Waals surface area contributed by atoms with Crippen LogP contribution in [0.5, 0.6) is 0 Å². The zero-order valence-corrected chi connectivity index (χ0v) is 13.2. The van der Waals surface area contributed by atoms with Gasteiger partial charge in [0.2, 0.25) is 0 Å². The van der Waals surface area contributed by atoms with E-state index in [2.05, 4.69) is 26.2 Å². The van der Waals surface area contributed by atoms with Gasteiger partial charge >= 0.3 is 5.97 Å². The molecule has 0 saturated heterocycles. The molecule has 4 nitrogen and oxygen atoms in total. The van der Waals surface area contributed by atoms with E-state index in [0.29, 0.717) is 5.82 Å². The van der Waals surface area contributed by atoms with Crippen LogP contribution in [-0.4, -0.2) is 16.1 Å². The zero-order valence-electron chi connectivity index (χ0n) is 10.9. The van der Waals surface area contributed by atoms with Gasteiger partial charge in [0.05, 0.1) is 10.6 Å². The molecule has 2 rings (SSSR count). The molecule has 1 heterocycles. The summed E-state index contributed by atoms with van der Waals surface area (Å²) in [5.74, 6) is -0.626. The molecule has 0 bridgehead atoms. The molecule has 0 unspecified atom stereocenters. The maximum absolute atomic E-state index is 10.8. The van der Waals surface area contributed by atoms with Gasteiger partial charge in [-0.15, -0.1) is 0 Å². The van der Waals surface area contributed by atoms with Crippen molar-refractivity contribution in [3.63, 3.8) is 0 Å². The van der Waals surface area contributed by atoms with Crippen molar-refractivity contribution < 1.29 is 9.90 Å². The molecule has 20 heavy (non-hydrogen) atoms. The minimum atomic E-state index is -1.05. The lowest BCUT2D eigenvalue weighted by atomic mass is 10.1. The van der Waals surface area contributed by atoms with Crippen molar-refractivity contribution in [3.05, 3.63) is 50.6 Å². The maximum Gasteiger partial charge on any atom is 0.337 e. The molecule has 0 spiro atoms. The summed E-state index contributed by atoms with van der Waals surface area (Å²) in [5, 5.41) is 12.2. The van der Waals surface area contributed by atoms with Crippen molar-refractivity contribution in [3.8, 4) is 0 Å². The lowest BCUT2D eigenvalue weighted by Crippen LogP contribution is -2.01. The molecule has 6 heteroatoms. The molecule has 1 aromatic carbocycles. The van der Waals surface area contributed by atoms with Crippen molar-refractivity contribution in [2.75, 3.05) is 5.32 Å². The molecule has 2 N–H and O–H groups in total. The molecular formula is C14H12BrClN2O2. The topological polar surface area (TPSA) is 62.2 Å². The number of benzene rings is 1. The van der Waals surface area contributed by atoms with E-state index >= 15 is 0 Å². The van der Waals surface area contributed by atoms with Gasteiger partial charge in [-0.25, -0.2) is 9.78 Å². The molecule has 0 aliphatic rings. The van der Waals surface area contributed by atoms with Crippen LogP contribution in [-0.2, 0) is 0 Å². The molecule has 0 atom stereocenters. The van der Waals surface area contributed by atoms with Crippen LogP contribution in [0.25, 0.3) is 0 Å². The van der Waals surface area contributed by atoms with Gasteiger partial charge in [-0.3, -0.25) is 0 Å². The molecule has 0 saturated carbocycles. The largest absolute Gasteiger partial charge is 0.478 e. The second-order valence-corrected chi connectivity index (χ2v) is 5.61. The third-order valence-electron chi connectivity index (χ3n) is 2.79. The molecule has 0 fully saturated rings. The average Bonchev–Trinajstić information content (AvgIpc) is 2.38. The maximum atomic E-state index is 10.8. The summed E-state index contributed by atoms with van der Waals surface area (Å²) in [6, 6.07) is 5.29. The molecule has 0 amide bonds. The third-order valence-corrected chi connectivity index (χ3v) is 4.33. The second kappa shape index (κ2) is 5.81. The third kappa shape index (κ3) is 3.11. The monoisotopic (exact) mass is 354 g/mol. The average molecular weight is 356 g/mol. The number of halogens is 2. The van der Waals surface area contributed by atoms with E-state index in [1.165, 1.54) is 12.3 Å². The first-order valence-electron chi connectivity index (χ1n) is 5.81. The molecule has 2 aromatic rings. The molecular weight excluding hydrogens is 344 g/mol. The van der Waals surface area contributed by atoms with Gasteiger partial charge in [-0.05, 0) is 43.2 Å². The van der Waals surface area contributed by atoms with Gasteiger partial charge in [0.25, 0.3) is 0 Å². The van der Waals surface area contributed by atoms with Gasteiger partial charge < -0.3 is 10.4 Å². The van der Waals surface area contributed by atoms with Crippen LogP contribution in [0.3, 0.4) is 0 Å². The Morgan fingerprint density at radius 3 is 2.40 bits per heavy atom. The number of hydrogen-bond acceptors (Lipinski definition) is 3. The number of anilines is 2. The Labute approximate surface area is 129 Å². The van der Waals surface area contributed by atoms with Crippen LogP contribution in [0.4, 0.5) is 11.5 Å². The number of hydrogen-bond donors (Lipinski definition) is 2. The molecule has 104 valence electrons. The van der Waals surface area contributed by atoms with E-state index in [-0.39, 0.29) is 10.6 Å². The van der Waals surface area contributed by atoms with E-state index in [1.807, 2.05) is 26.0 Å². The number of carbonyl (C=O) groups is 1. The number of aromatic carboxylic acids is 1. The van der Waals surface area contributed by atoms with Gasteiger partial charge in [-0.2, -0.15) is 0 Å². The van der Waals surface area contributed by atoms with Crippen molar-refractivity contribution >= 4 is 45.0 Å². The Bertz CT molecular complexity index is 666. The summed E-state index contributed by atoms with van der Waals surface area (Å²) in [6.45, 7) is 3.98. The second-order valence-electron chi connectivity index (χ2n) is 4.41. The van der Waals surface area contributed by atoms with Crippen LogP contribution in [0, 0.1) is 13.8 Å². The molecule has 0 radical (unpaired) electrons. The van der Waals surface area contributed by atoms with Crippen LogP contribution in [0.15, 0.2) is 28.9 Å². The van der Waals surface area contributed by atoms with E-state index in [9.17, 15) is 4.79 Å². The predicted molar refractivity (Wildman–Crippen MR) is 83.1 cm³/mol. The summed E-state index contributed by atoms with van der Waals surface area (Å²) in [7, 11) is 0. The Morgan fingerprint density at radius 2 is 1.90 bits per heavy atom. The Balaban J connectivity index is 2.33. The highest BCUT2D eigenvalue weighted by molar-refractivity contribution is 9.10. The van der Waals surface area contributed by atoms with Gasteiger partial charge in [-0.1, -0.05) is 27.5 Å². The number of aromatic nitrogens is 1. The standard InChI is InChI=1S/C14H12BrClN2O2/c1-7-3-10(4-8(2)12(7)15)18-13-11(16)5-9(6-17-13)14(19)20/h3-6H,1-2H3,(H,17,18)(H,19,20). The fraction of sp³-hybridized carbons (Fsp3) is 0.143. The lowest BCUT2D eigenvalue weighted by molar-refractivity contribution is 0.0696. The normalized spacial score (nSPS) is 10.4. The number of nitrogens with zero attached hydrogens (tertiary/aromatic N) is 1. The number of rotatable bonds is 3. The summed E-state index contributed by atoms with van der Waals surface area (Å²) in [4.78, 5) is 14.9. The van der Waals surface area contributed by atoms with Crippen LogP contribution in [0.1, 0.15) is 21.5 Å². The van der Waals surface area contributed by atoms with Crippen molar-refractivity contribution in [1.82, 2.24) is 4.98 Å². The number of carboxylic acid groups (broad SMARTS) is 1. The van der Waals surface area contributed by atoms with Crippen LogP contribution < -0.4 is 5.32 Å². The number of pyridine rings is 1. The highest BCUT2D eigenvalue weighted by Gasteiger charge is 2.09. The van der Waals surface area contributed by atoms with E-state index in [1.54, 1.807) is 0 Å². The Kier molecular flexibility index (Phi) is 4.30. The van der Waals surface area contributed by atoms with E-state index in [0.717, 1.165) is 21.3 Å². The summed E-state index contributed by atoms with van der Waals surface area (Å²) in [5.41, 5.74) is 3.08. The molecule has 0 aliphatic carbocycles. The lowest BCUT2D eigenvalue weighted by Gasteiger charge is -2.11.